The maximum Gasteiger partial charge on any atom is 0.248 e. The minimum absolute atomic E-state index is 0.0915. The number of carbonyl (C=O) groups excluding carboxylic acids is 2. The number of anilines is 2. The smallest absolute Gasteiger partial charge is 0.248 e. The van der Waals surface area contributed by atoms with Crippen LogP contribution in [0.5, 0.6) is 5.75 Å². The minimum atomic E-state index is -0.258. The monoisotopic (exact) mass is 393 g/mol. The number of aromatic nitrogens is 1. The molecule has 1 fully saturated rings. The largest absolute Gasteiger partial charge is 0.494 e. The van der Waals surface area contributed by atoms with E-state index in [0.29, 0.717) is 24.4 Å². The zero-order valence-corrected chi connectivity index (χ0v) is 16.2. The lowest BCUT2D eigenvalue weighted by atomic mass is 10.2. The third-order valence-electron chi connectivity index (χ3n) is 4.50. The maximum absolute atomic E-state index is 12.3. The van der Waals surface area contributed by atoms with Crippen molar-refractivity contribution in [3.8, 4) is 5.75 Å². The summed E-state index contributed by atoms with van der Waals surface area (Å²) < 4.78 is 6.50. The molecule has 4 rings (SSSR count). The van der Waals surface area contributed by atoms with Crippen LogP contribution in [0.2, 0.25) is 0 Å². The Morgan fingerprint density at radius 2 is 2.14 bits per heavy atom. The summed E-state index contributed by atoms with van der Waals surface area (Å²) in [5.74, 6) is 0.392. The minimum Gasteiger partial charge on any atom is -0.494 e. The van der Waals surface area contributed by atoms with Crippen LogP contribution < -0.4 is 15.0 Å². The summed E-state index contributed by atoms with van der Waals surface area (Å²) in [4.78, 5) is 30.4. The highest BCUT2D eigenvalue weighted by Gasteiger charge is 2.24. The first kappa shape index (κ1) is 18.2. The summed E-state index contributed by atoms with van der Waals surface area (Å²) in [5.41, 5.74) is 2.25. The van der Waals surface area contributed by atoms with Crippen molar-refractivity contribution in [2.75, 3.05) is 23.9 Å². The molecule has 3 aromatic rings. The van der Waals surface area contributed by atoms with Gasteiger partial charge in [0.1, 0.15) is 10.8 Å². The number of ether oxygens (including phenoxy) is 1. The number of fused-ring (bicyclic) bond motifs is 1. The molecule has 6 nitrogen and oxygen atoms in total. The van der Waals surface area contributed by atoms with Crippen LogP contribution in [0.15, 0.2) is 48.5 Å². The van der Waals surface area contributed by atoms with Gasteiger partial charge in [0, 0.05) is 30.8 Å². The second-order valence-corrected chi connectivity index (χ2v) is 7.44. The molecule has 0 atom stereocenters. The van der Waals surface area contributed by atoms with E-state index < -0.39 is 0 Å². The molecule has 0 spiro atoms. The molecule has 1 saturated heterocycles. The lowest BCUT2D eigenvalue weighted by Gasteiger charge is -2.19. The molecule has 2 aromatic carbocycles. The molecule has 0 bridgehead atoms. The molecule has 7 heteroatoms. The highest BCUT2D eigenvalue weighted by molar-refractivity contribution is 7.19. The predicted octanol–water partition coefficient (Wildman–Crippen LogP) is 4.08. The Balaban J connectivity index is 1.47. The van der Waals surface area contributed by atoms with E-state index in [0.717, 1.165) is 27.3 Å². The average molecular weight is 393 g/mol. The molecule has 0 unspecified atom stereocenters. The van der Waals surface area contributed by atoms with Gasteiger partial charge in [0.15, 0.2) is 0 Å². The van der Waals surface area contributed by atoms with E-state index >= 15 is 0 Å². The van der Waals surface area contributed by atoms with Crippen molar-refractivity contribution in [1.82, 2.24) is 4.98 Å². The highest BCUT2D eigenvalue weighted by Crippen LogP contribution is 2.33. The maximum atomic E-state index is 12.3. The molecule has 2 amide bonds. The molecule has 1 aliphatic rings. The molecule has 0 radical (unpaired) electrons. The lowest BCUT2D eigenvalue weighted by molar-refractivity contribution is -0.117. The summed E-state index contributed by atoms with van der Waals surface area (Å²) in [6.45, 7) is 0.686. The first-order valence-electron chi connectivity index (χ1n) is 8.97. The third kappa shape index (κ3) is 3.75. The number of nitrogens with zero attached hydrogens (tertiary/aromatic N) is 2. The predicted molar refractivity (Wildman–Crippen MR) is 112 cm³/mol. The van der Waals surface area contributed by atoms with Gasteiger partial charge in [-0.2, -0.15) is 0 Å². The van der Waals surface area contributed by atoms with E-state index in [4.69, 9.17) is 4.74 Å². The second-order valence-electron chi connectivity index (χ2n) is 6.38. The number of carbonyl (C=O) groups is 2. The quantitative estimate of drug-likeness (QED) is 0.663. The fourth-order valence-corrected chi connectivity index (χ4v) is 4.04. The average Bonchev–Trinajstić information content (AvgIpc) is 3.32. The molecular weight excluding hydrogens is 374 g/mol. The molecule has 1 aromatic heterocycles. The van der Waals surface area contributed by atoms with Crippen LogP contribution in [-0.2, 0) is 9.59 Å². The van der Waals surface area contributed by atoms with Crippen molar-refractivity contribution < 1.29 is 14.3 Å². The van der Waals surface area contributed by atoms with Gasteiger partial charge in [-0.05, 0) is 36.8 Å². The Hall–Kier alpha value is -3.19. The van der Waals surface area contributed by atoms with Crippen molar-refractivity contribution >= 4 is 50.8 Å². The number of thiazole rings is 1. The summed E-state index contributed by atoms with van der Waals surface area (Å²) in [6.07, 6.45) is 4.56. The molecule has 1 N–H and O–H groups in total. The van der Waals surface area contributed by atoms with Crippen molar-refractivity contribution in [1.29, 1.82) is 0 Å². The Kier molecular flexibility index (Phi) is 5.08. The zero-order chi connectivity index (χ0) is 19.5. The van der Waals surface area contributed by atoms with Gasteiger partial charge in [-0.15, -0.1) is 11.3 Å². The second kappa shape index (κ2) is 7.82. The van der Waals surface area contributed by atoms with Crippen LogP contribution in [0.3, 0.4) is 0 Å². The van der Waals surface area contributed by atoms with E-state index in [1.807, 2.05) is 24.3 Å². The highest BCUT2D eigenvalue weighted by atomic mass is 32.1. The molecule has 0 aliphatic carbocycles. The Labute approximate surface area is 166 Å². The molecule has 1 aliphatic heterocycles. The van der Waals surface area contributed by atoms with E-state index in [1.54, 1.807) is 36.3 Å². The molecular formula is C21H19N3O3S. The van der Waals surface area contributed by atoms with Gasteiger partial charge in [-0.25, -0.2) is 4.98 Å². The van der Waals surface area contributed by atoms with Crippen molar-refractivity contribution in [3.63, 3.8) is 0 Å². The van der Waals surface area contributed by atoms with Crippen LogP contribution in [0.1, 0.15) is 17.8 Å². The van der Waals surface area contributed by atoms with E-state index in [1.165, 1.54) is 17.4 Å². The van der Waals surface area contributed by atoms with Crippen molar-refractivity contribution in [3.05, 3.63) is 53.5 Å². The molecule has 0 saturated carbocycles. The van der Waals surface area contributed by atoms with Crippen LogP contribution in [0.4, 0.5) is 11.4 Å². The number of benzene rings is 2. The summed E-state index contributed by atoms with van der Waals surface area (Å²) in [7, 11) is 1.55. The van der Waals surface area contributed by atoms with Gasteiger partial charge in [0.25, 0.3) is 0 Å². The molecule has 142 valence electrons. The van der Waals surface area contributed by atoms with Crippen molar-refractivity contribution in [2.24, 2.45) is 0 Å². The summed E-state index contributed by atoms with van der Waals surface area (Å²) in [5, 5.41) is 3.59. The zero-order valence-electron chi connectivity index (χ0n) is 15.3. The fraction of sp³-hybridized carbons (Fsp3) is 0.190. The van der Waals surface area contributed by atoms with Gasteiger partial charge in [-0.1, -0.05) is 12.1 Å². The van der Waals surface area contributed by atoms with Gasteiger partial charge in [-0.3, -0.25) is 9.59 Å². The Morgan fingerprint density at radius 3 is 2.89 bits per heavy atom. The van der Waals surface area contributed by atoms with Gasteiger partial charge in [0.2, 0.25) is 11.8 Å². The van der Waals surface area contributed by atoms with Gasteiger partial charge < -0.3 is 15.0 Å². The number of hydrogen-bond donors (Lipinski definition) is 1. The number of methoxy groups -OCH3 is 1. The van der Waals surface area contributed by atoms with Crippen LogP contribution >= 0.6 is 11.3 Å². The summed E-state index contributed by atoms with van der Waals surface area (Å²) in [6, 6.07) is 13.2. The van der Waals surface area contributed by atoms with E-state index in [9.17, 15) is 9.59 Å². The van der Waals surface area contributed by atoms with Crippen LogP contribution in [0.25, 0.3) is 16.3 Å². The number of amides is 2. The first-order chi connectivity index (χ1) is 13.6. The number of rotatable bonds is 5. The van der Waals surface area contributed by atoms with Crippen molar-refractivity contribution in [2.45, 2.75) is 12.8 Å². The normalized spacial score (nSPS) is 14.2. The third-order valence-corrected chi connectivity index (χ3v) is 5.50. The SMILES string of the molecule is COc1cc(NC(=O)/C=C/c2nc3ccccc3s2)ccc1N1CCCC1=O. The van der Waals surface area contributed by atoms with Crippen LogP contribution in [0, 0.1) is 0 Å². The Bertz CT molecular complexity index is 1040. The van der Waals surface area contributed by atoms with Gasteiger partial charge in [0.05, 0.1) is 23.0 Å². The van der Waals surface area contributed by atoms with Crippen LogP contribution in [-0.4, -0.2) is 30.5 Å². The number of hydrogen-bond acceptors (Lipinski definition) is 5. The molecule has 28 heavy (non-hydrogen) atoms. The van der Waals surface area contributed by atoms with Gasteiger partial charge >= 0.3 is 0 Å². The topological polar surface area (TPSA) is 71.5 Å². The fourth-order valence-electron chi connectivity index (χ4n) is 3.17. The van der Waals surface area contributed by atoms with E-state index in [2.05, 4.69) is 10.3 Å². The summed E-state index contributed by atoms with van der Waals surface area (Å²) >= 11 is 1.53. The number of para-hydroxylation sites is 1. The lowest BCUT2D eigenvalue weighted by Crippen LogP contribution is -2.24. The standard InChI is InChI=1S/C21H19N3O3S/c1-27-17-13-14(8-9-16(17)24-12-4-7-21(24)26)22-19(25)10-11-20-23-15-5-2-3-6-18(15)28-20/h2-3,5-6,8-11,13H,4,7,12H2,1H3,(H,22,25)/b11-10+. The molecule has 2 heterocycles. The number of nitrogens with one attached hydrogen (secondary N) is 1. The Morgan fingerprint density at radius 1 is 1.29 bits per heavy atom. The van der Waals surface area contributed by atoms with E-state index in [-0.39, 0.29) is 11.8 Å². The first-order valence-corrected chi connectivity index (χ1v) is 9.79.